The number of rotatable bonds is 8. The largest absolute Gasteiger partial charge is 0.495 e. The van der Waals surface area contributed by atoms with Crippen molar-refractivity contribution in [3.63, 3.8) is 0 Å². The molecule has 0 radical (unpaired) electrons. The second kappa shape index (κ2) is 10.7. The minimum Gasteiger partial charge on any atom is -0.495 e. The van der Waals surface area contributed by atoms with Gasteiger partial charge in [-0.15, -0.1) is 0 Å². The number of amides is 1. The molecule has 1 aliphatic rings. The highest BCUT2D eigenvalue weighted by Gasteiger charge is 2.30. The fourth-order valence-electron chi connectivity index (χ4n) is 3.38. The number of nitrogens with zero attached hydrogens (tertiary/aromatic N) is 1. The predicted molar refractivity (Wildman–Crippen MR) is 116 cm³/mol. The molecule has 178 valence electrons. The summed E-state index contributed by atoms with van der Waals surface area (Å²) in [6.07, 6.45) is -0.192. The van der Waals surface area contributed by atoms with Gasteiger partial charge in [0.05, 0.1) is 39.9 Å². The molecule has 11 heteroatoms. The first-order valence-corrected chi connectivity index (χ1v) is 11.6. The van der Waals surface area contributed by atoms with Crippen molar-refractivity contribution in [3.8, 4) is 5.75 Å². The Hall–Kier alpha value is -3.02. The number of morpholine rings is 1. The number of carbonyl (C=O) groups excluding carboxylic acids is 2. The molecule has 1 atom stereocenters. The number of methoxy groups -OCH3 is 2. The van der Waals surface area contributed by atoms with Crippen LogP contribution >= 0.6 is 0 Å². The summed E-state index contributed by atoms with van der Waals surface area (Å²) >= 11 is 0. The summed E-state index contributed by atoms with van der Waals surface area (Å²) in [6, 6.07) is 8.57. The van der Waals surface area contributed by atoms with E-state index >= 15 is 0 Å². The summed E-state index contributed by atoms with van der Waals surface area (Å²) in [5.41, 5.74) is 0.546. The standard InChI is InChI=1S/C22H25FN2O7S/c1-30-19-8-5-16(13-20(19)33(28,29)25-9-11-32-12-10-25)22(27)24-18(14-21(26)31-2)15-3-6-17(23)7-4-15/h3-8,13,18H,9-12,14H2,1-2H3,(H,24,27). The van der Waals surface area contributed by atoms with Gasteiger partial charge in [0.1, 0.15) is 16.5 Å². The lowest BCUT2D eigenvalue weighted by atomic mass is 10.0. The number of hydrogen-bond donors (Lipinski definition) is 1. The second-order valence-corrected chi connectivity index (χ2v) is 9.15. The molecule has 1 heterocycles. The van der Waals surface area contributed by atoms with Crippen LogP contribution in [-0.4, -0.2) is 65.1 Å². The normalized spacial score (nSPS) is 15.5. The van der Waals surface area contributed by atoms with E-state index in [1.54, 1.807) is 0 Å². The maximum atomic E-state index is 13.3. The molecule has 2 aromatic carbocycles. The molecule has 0 aliphatic carbocycles. The van der Waals surface area contributed by atoms with Gasteiger partial charge in [0.25, 0.3) is 5.91 Å². The molecular formula is C22H25FN2O7S. The van der Waals surface area contributed by atoms with Gasteiger partial charge in [-0.05, 0) is 35.9 Å². The number of nitrogens with one attached hydrogen (secondary N) is 1. The number of benzene rings is 2. The molecule has 0 saturated carbocycles. The quantitative estimate of drug-likeness (QED) is 0.575. The monoisotopic (exact) mass is 480 g/mol. The zero-order valence-corrected chi connectivity index (χ0v) is 19.1. The van der Waals surface area contributed by atoms with Crippen molar-refractivity contribution < 1.29 is 36.6 Å². The van der Waals surface area contributed by atoms with Gasteiger partial charge in [0, 0.05) is 18.7 Å². The average Bonchev–Trinajstić information content (AvgIpc) is 2.84. The summed E-state index contributed by atoms with van der Waals surface area (Å²) < 4.78 is 56.1. The van der Waals surface area contributed by atoms with E-state index in [9.17, 15) is 22.4 Å². The highest BCUT2D eigenvalue weighted by molar-refractivity contribution is 7.89. The van der Waals surface area contributed by atoms with E-state index in [0.29, 0.717) is 5.56 Å². The molecule has 1 N–H and O–H groups in total. The van der Waals surface area contributed by atoms with E-state index < -0.39 is 33.8 Å². The smallest absolute Gasteiger partial charge is 0.307 e. The van der Waals surface area contributed by atoms with Crippen molar-refractivity contribution in [2.75, 3.05) is 40.5 Å². The number of esters is 1. The minimum atomic E-state index is -3.94. The van der Waals surface area contributed by atoms with Gasteiger partial charge in [0.2, 0.25) is 10.0 Å². The lowest BCUT2D eigenvalue weighted by molar-refractivity contribution is -0.141. The number of carbonyl (C=O) groups is 2. The van der Waals surface area contributed by atoms with Crippen LogP contribution in [0, 0.1) is 5.82 Å². The molecule has 9 nitrogen and oxygen atoms in total. The molecular weight excluding hydrogens is 455 g/mol. The highest BCUT2D eigenvalue weighted by Crippen LogP contribution is 2.29. The fourth-order valence-corrected chi connectivity index (χ4v) is 4.97. The first-order chi connectivity index (χ1) is 15.8. The zero-order valence-electron chi connectivity index (χ0n) is 18.2. The molecule has 1 fully saturated rings. The molecule has 3 rings (SSSR count). The first kappa shape index (κ1) is 24.6. The van der Waals surface area contributed by atoms with Crippen LogP contribution < -0.4 is 10.1 Å². The van der Waals surface area contributed by atoms with Crippen LogP contribution in [-0.2, 0) is 24.3 Å². The van der Waals surface area contributed by atoms with Crippen LogP contribution in [0.4, 0.5) is 4.39 Å². The van der Waals surface area contributed by atoms with Crippen LogP contribution in [0.2, 0.25) is 0 Å². The highest BCUT2D eigenvalue weighted by atomic mass is 32.2. The van der Waals surface area contributed by atoms with E-state index in [0.717, 1.165) is 0 Å². The van der Waals surface area contributed by atoms with Gasteiger partial charge in [-0.1, -0.05) is 12.1 Å². The van der Waals surface area contributed by atoms with Crippen LogP contribution in [0.25, 0.3) is 0 Å². The Labute approximate surface area is 191 Å². The van der Waals surface area contributed by atoms with Gasteiger partial charge in [-0.25, -0.2) is 12.8 Å². The van der Waals surface area contributed by atoms with Gasteiger partial charge in [0.15, 0.2) is 0 Å². The minimum absolute atomic E-state index is 0.0552. The number of ether oxygens (including phenoxy) is 3. The maximum Gasteiger partial charge on any atom is 0.307 e. The Kier molecular flexibility index (Phi) is 8.01. The number of hydrogen-bond acceptors (Lipinski definition) is 7. The van der Waals surface area contributed by atoms with Crippen LogP contribution in [0.1, 0.15) is 28.4 Å². The van der Waals surface area contributed by atoms with Crippen molar-refractivity contribution >= 4 is 21.9 Å². The van der Waals surface area contributed by atoms with Crippen molar-refractivity contribution in [2.24, 2.45) is 0 Å². The van der Waals surface area contributed by atoms with Crippen LogP contribution in [0.15, 0.2) is 47.4 Å². The van der Waals surface area contributed by atoms with Crippen molar-refractivity contribution in [1.29, 1.82) is 0 Å². The van der Waals surface area contributed by atoms with E-state index in [1.807, 2.05) is 0 Å². The van der Waals surface area contributed by atoms with Gasteiger partial charge in [-0.3, -0.25) is 9.59 Å². The van der Waals surface area contributed by atoms with Crippen molar-refractivity contribution in [3.05, 3.63) is 59.4 Å². The van der Waals surface area contributed by atoms with E-state index in [-0.39, 0.29) is 48.9 Å². The van der Waals surface area contributed by atoms with Crippen molar-refractivity contribution in [1.82, 2.24) is 9.62 Å². The Balaban J connectivity index is 1.91. The Morgan fingerprint density at radius 2 is 1.79 bits per heavy atom. The Bertz CT molecular complexity index is 1100. The molecule has 1 aliphatic heterocycles. The van der Waals surface area contributed by atoms with E-state index in [4.69, 9.17) is 14.2 Å². The molecule has 33 heavy (non-hydrogen) atoms. The summed E-state index contributed by atoms with van der Waals surface area (Å²) in [6.45, 7) is 0.921. The molecule has 1 amide bonds. The average molecular weight is 481 g/mol. The van der Waals surface area contributed by atoms with Crippen LogP contribution in [0.5, 0.6) is 5.75 Å². The van der Waals surface area contributed by atoms with Gasteiger partial charge < -0.3 is 19.5 Å². The lowest BCUT2D eigenvalue weighted by Crippen LogP contribution is -2.40. The summed E-state index contributed by atoms with van der Waals surface area (Å²) in [5.74, 6) is -1.55. The molecule has 0 bridgehead atoms. The molecule has 1 saturated heterocycles. The summed E-state index contributed by atoms with van der Waals surface area (Å²) in [7, 11) is -1.37. The number of sulfonamides is 1. The third-order valence-corrected chi connectivity index (χ3v) is 7.11. The third-order valence-electron chi connectivity index (χ3n) is 5.19. The van der Waals surface area contributed by atoms with Crippen LogP contribution in [0.3, 0.4) is 0 Å². The number of halogens is 1. The summed E-state index contributed by atoms with van der Waals surface area (Å²) in [5, 5.41) is 2.70. The molecule has 2 aromatic rings. The maximum absolute atomic E-state index is 13.3. The zero-order chi connectivity index (χ0) is 24.0. The topological polar surface area (TPSA) is 111 Å². The molecule has 0 aromatic heterocycles. The van der Waals surface area contributed by atoms with E-state index in [2.05, 4.69) is 5.32 Å². The van der Waals surface area contributed by atoms with Gasteiger partial charge in [-0.2, -0.15) is 4.31 Å². The third kappa shape index (κ3) is 5.86. The van der Waals surface area contributed by atoms with Crippen molar-refractivity contribution in [2.45, 2.75) is 17.4 Å². The first-order valence-electron chi connectivity index (χ1n) is 10.2. The predicted octanol–water partition coefficient (Wildman–Crippen LogP) is 1.89. The Morgan fingerprint density at radius 3 is 2.39 bits per heavy atom. The van der Waals surface area contributed by atoms with Gasteiger partial charge >= 0.3 is 5.97 Å². The molecule has 1 unspecified atom stereocenters. The Morgan fingerprint density at radius 1 is 1.12 bits per heavy atom. The fraction of sp³-hybridized carbons (Fsp3) is 0.364. The molecule has 0 spiro atoms. The lowest BCUT2D eigenvalue weighted by Gasteiger charge is -2.27. The summed E-state index contributed by atoms with van der Waals surface area (Å²) in [4.78, 5) is 24.7. The second-order valence-electron chi connectivity index (χ2n) is 7.24. The van der Waals surface area contributed by atoms with E-state index in [1.165, 1.54) is 61.0 Å². The SMILES string of the molecule is COC(=O)CC(NC(=O)c1ccc(OC)c(S(=O)(=O)N2CCOCC2)c1)c1ccc(F)cc1.